The highest BCUT2D eigenvalue weighted by Crippen LogP contribution is 2.23. The number of ether oxygens (including phenoxy) is 1. The Bertz CT molecular complexity index is 908. The van der Waals surface area contributed by atoms with Crippen LogP contribution in [0, 0.1) is 17.3 Å². The molecule has 0 aliphatic heterocycles. The zero-order valence-corrected chi connectivity index (χ0v) is 19.2. The lowest BCUT2D eigenvalue weighted by molar-refractivity contribution is -0.138. The lowest BCUT2D eigenvalue weighted by Gasteiger charge is -2.17. The monoisotopic (exact) mass is 421 g/mol. The molecule has 0 aliphatic carbocycles. The average molecular weight is 422 g/mol. The van der Waals surface area contributed by atoms with Gasteiger partial charge in [-0.2, -0.15) is 11.3 Å². The minimum Gasteiger partial charge on any atom is -0.461 e. The number of carbonyl (C=O) groups is 1. The van der Waals surface area contributed by atoms with E-state index in [1.165, 1.54) is 11.6 Å². The fourth-order valence-corrected chi connectivity index (χ4v) is 3.30. The fraction of sp³-hybridized carbons (Fsp3) is 0.346. The van der Waals surface area contributed by atoms with Crippen molar-refractivity contribution in [2.75, 3.05) is 26.2 Å². The maximum atomic E-state index is 12.0. The summed E-state index contributed by atoms with van der Waals surface area (Å²) in [6, 6.07) is 10.2. The molecule has 0 unspecified atom stereocenters. The Kier molecular flexibility index (Phi) is 9.60. The first-order valence-corrected chi connectivity index (χ1v) is 11.2. The normalized spacial score (nSPS) is 11.8. The number of esters is 1. The van der Waals surface area contributed by atoms with E-state index in [9.17, 15) is 4.79 Å². The van der Waals surface area contributed by atoms with Crippen LogP contribution in [0.3, 0.4) is 0 Å². The van der Waals surface area contributed by atoms with Gasteiger partial charge in [0, 0.05) is 24.6 Å². The van der Waals surface area contributed by atoms with E-state index in [4.69, 9.17) is 4.74 Å². The summed E-state index contributed by atoms with van der Waals surface area (Å²) in [5.41, 5.74) is 3.33. The predicted molar refractivity (Wildman–Crippen MR) is 128 cm³/mol. The highest BCUT2D eigenvalue weighted by atomic mass is 32.1. The van der Waals surface area contributed by atoms with Crippen LogP contribution in [0.5, 0.6) is 0 Å². The molecule has 0 radical (unpaired) electrons. The number of likely N-dealkylation sites (N-methyl/N-ethyl adjacent to an activating group) is 1. The number of benzene rings is 1. The highest BCUT2D eigenvalue weighted by Gasteiger charge is 2.04. The summed E-state index contributed by atoms with van der Waals surface area (Å²) in [5.74, 6) is 5.93. The van der Waals surface area contributed by atoms with Crippen LogP contribution in [-0.4, -0.2) is 37.1 Å². The molecule has 1 aromatic heterocycles. The minimum absolute atomic E-state index is 0.0156. The Balaban J connectivity index is 1.76. The fourth-order valence-electron chi connectivity index (χ4n) is 2.64. The van der Waals surface area contributed by atoms with Gasteiger partial charge in [-0.3, -0.25) is 4.90 Å². The van der Waals surface area contributed by atoms with Gasteiger partial charge in [-0.15, -0.1) is 0 Å². The lowest BCUT2D eigenvalue weighted by Crippen LogP contribution is -2.28. The van der Waals surface area contributed by atoms with Crippen LogP contribution >= 0.6 is 11.3 Å². The molecule has 0 saturated carbocycles. The van der Waals surface area contributed by atoms with Crippen molar-refractivity contribution in [2.24, 2.45) is 5.41 Å². The van der Waals surface area contributed by atoms with E-state index in [2.05, 4.69) is 73.4 Å². The molecule has 0 amide bonds. The van der Waals surface area contributed by atoms with Crippen LogP contribution in [0.1, 0.15) is 33.3 Å². The van der Waals surface area contributed by atoms with Gasteiger partial charge in [0.2, 0.25) is 0 Å². The Labute approximate surface area is 185 Å². The molecule has 3 nitrogen and oxygen atoms in total. The molecule has 1 heterocycles. The Morgan fingerprint density at radius 3 is 2.77 bits per heavy atom. The Hall–Kier alpha value is -2.61. The second-order valence-electron chi connectivity index (χ2n) is 7.95. The van der Waals surface area contributed by atoms with Gasteiger partial charge in [-0.25, -0.2) is 4.79 Å². The zero-order chi connectivity index (χ0) is 21.8. The number of allylic oxidation sites excluding steroid dienone is 1. The molecule has 0 atom stereocenters. The number of thiophene rings is 1. The summed E-state index contributed by atoms with van der Waals surface area (Å²) in [5, 5.41) is 4.17. The smallest absolute Gasteiger partial charge is 0.330 e. The van der Waals surface area contributed by atoms with E-state index < -0.39 is 0 Å². The van der Waals surface area contributed by atoms with Crippen LogP contribution in [0.2, 0.25) is 0 Å². The van der Waals surface area contributed by atoms with Crippen LogP contribution < -0.4 is 0 Å². The molecule has 158 valence electrons. The molecule has 1 aromatic carbocycles. The van der Waals surface area contributed by atoms with Crippen LogP contribution in [0.25, 0.3) is 17.2 Å². The molecule has 4 heteroatoms. The van der Waals surface area contributed by atoms with E-state index in [1.54, 1.807) is 17.4 Å². The van der Waals surface area contributed by atoms with E-state index in [1.807, 2.05) is 24.3 Å². The van der Waals surface area contributed by atoms with E-state index in [-0.39, 0.29) is 11.4 Å². The van der Waals surface area contributed by atoms with Crippen molar-refractivity contribution >= 4 is 23.4 Å². The van der Waals surface area contributed by atoms with Gasteiger partial charge in [0.25, 0.3) is 0 Å². The molecular formula is C26H31NO2S. The third kappa shape index (κ3) is 9.26. The molecule has 2 rings (SSSR count). The van der Waals surface area contributed by atoms with Crippen LogP contribution in [0.4, 0.5) is 0 Å². The third-order valence-electron chi connectivity index (χ3n) is 4.26. The zero-order valence-electron chi connectivity index (χ0n) is 18.4. The maximum Gasteiger partial charge on any atom is 0.330 e. The van der Waals surface area contributed by atoms with Gasteiger partial charge >= 0.3 is 5.97 Å². The van der Waals surface area contributed by atoms with Crippen molar-refractivity contribution in [2.45, 2.75) is 27.7 Å². The van der Waals surface area contributed by atoms with Crippen molar-refractivity contribution in [3.63, 3.8) is 0 Å². The summed E-state index contributed by atoms with van der Waals surface area (Å²) in [6.45, 7) is 11.1. The largest absolute Gasteiger partial charge is 0.461 e. The van der Waals surface area contributed by atoms with Crippen molar-refractivity contribution < 1.29 is 9.53 Å². The summed E-state index contributed by atoms with van der Waals surface area (Å²) in [4.78, 5) is 14.2. The molecule has 0 aliphatic rings. The highest BCUT2D eigenvalue weighted by molar-refractivity contribution is 7.08. The lowest BCUT2D eigenvalue weighted by atomic mass is 9.98. The molecule has 0 fully saturated rings. The van der Waals surface area contributed by atoms with Crippen molar-refractivity contribution in [3.8, 4) is 23.0 Å². The van der Waals surface area contributed by atoms with Crippen LogP contribution in [0.15, 0.2) is 59.3 Å². The number of nitrogens with zero attached hydrogens (tertiary/aromatic N) is 1. The van der Waals surface area contributed by atoms with Gasteiger partial charge in [0.05, 0.1) is 0 Å². The number of carbonyl (C=O) groups excluding carboxylic acids is 1. The summed E-state index contributed by atoms with van der Waals surface area (Å²) < 4.78 is 5.35. The van der Waals surface area contributed by atoms with Crippen LogP contribution in [-0.2, 0) is 9.53 Å². The predicted octanol–water partition coefficient (Wildman–Crippen LogP) is 5.90. The number of hydrogen-bond donors (Lipinski definition) is 0. The molecule has 0 N–H and O–H groups in total. The number of hydrogen-bond acceptors (Lipinski definition) is 4. The molecule has 0 spiro atoms. The van der Waals surface area contributed by atoms with E-state index in [0.29, 0.717) is 13.2 Å². The first-order chi connectivity index (χ1) is 14.4. The third-order valence-corrected chi connectivity index (χ3v) is 4.95. The summed E-state index contributed by atoms with van der Waals surface area (Å²) in [7, 11) is 0. The van der Waals surface area contributed by atoms with Gasteiger partial charge < -0.3 is 4.74 Å². The average Bonchev–Trinajstić information content (AvgIpc) is 3.25. The first kappa shape index (κ1) is 23.7. The van der Waals surface area contributed by atoms with Crippen molar-refractivity contribution in [3.05, 3.63) is 64.9 Å². The Morgan fingerprint density at radius 1 is 1.23 bits per heavy atom. The topological polar surface area (TPSA) is 29.5 Å². The van der Waals surface area contributed by atoms with E-state index in [0.717, 1.165) is 24.2 Å². The molecule has 30 heavy (non-hydrogen) atoms. The van der Waals surface area contributed by atoms with Gasteiger partial charge in [-0.05, 0) is 79.1 Å². The van der Waals surface area contributed by atoms with Crippen molar-refractivity contribution in [1.29, 1.82) is 0 Å². The number of rotatable bonds is 9. The second kappa shape index (κ2) is 12.2. The van der Waals surface area contributed by atoms with Gasteiger partial charge in [-0.1, -0.05) is 43.0 Å². The van der Waals surface area contributed by atoms with Gasteiger partial charge in [0.1, 0.15) is 6.61 Å². The molecule has 2 aromatic rings. The molecule has 0 saturated heterocycles. The minimum atomic E-state index is -0.321. The molecule has 0 bridgehead atoms. The van der Waals surface area contributed by atoms with Gasteiger partial charge in [0.15, 0.2) is 0 Å². The standard InChI is InChI=1S/C26H31NO2S/c1-5-27(16-8-6-7-15-26(2,3)4)17-18-29-25(28)13-12-22-10-9-11-23(20-22)24-14-19-30-21-24/h6,8-14,19-21H,5,16-18H2,1-4H3/b8-6+,13-12+. The summed E-state index contributed by atoms with van der Waals surface area (Å²) in [6.07, 6.45) is 7.23. The summed E-state index contributed by atoms with van der Waals surface area (Å²) >= 11 is 1.67. The first-order valence-electron chi connectivity index (χ1n) is 10.2. The van der Waals surface area contributed by atoms with E-state index >= 15 is 0 Å². The second-order valence-corrected chi connectivity index (χ2v) is 8.73. The Morgan fingerprint density at radius 2 is 2.07 bits per heavy atom. The quantitative estimate of drug-likeness (QED) is 0.287. The SMILES string of the molecule is CCN(C/C=C/C#CC(C)(C)C)CCOC(=O)/C=C/c1cccc(-c2ccsc2)c1. The molecular weight excluding hydrogens is 390 g/mol. The maximum absolute atomic E-state index is 12.0. The van der Waals surface area contributed by atoms with Crippen molar-refractivity contribution in [1.82, 2.24) is 4.90 Å².